The number of carboxylic acids is 1. The van der Waals surface area contributed by atoms with Crippen LogP contribution in [-0.2, 0) is 10.5 Å². The molecule has 0 spiro atoms. The first-order chi connectivity index (χ1) is 12.8. The van der Waals surface area contributed by atoms with Gasteiger partial charge in [-0.25, -0.2) is 0 Å². The van der Waals surface area contributed by atoms with Crippen LogP contribution in [0.5, 0.6) is 0 Å². The summed E-state index contributed by atoms with van der Waals surface area (Å²) in [5.41, 5.74) is 0.552. The first-order valence-corrected chi connectivity index (χ1v) is 9.09. The van der Waals surface area contributed by atoms with Gasteiger partial charge in [-0.3, -0.25) is 9.59 Å². The van der Waals surface area contributed by atoms with Crippen LogP contribution in [0.1, 0.15) is 16.1 Å². The summed E-state index contributed by atoms with van der Waals surface area (Å²) in [5, 5.41) is 9.08. The standard InChI is InChI=1S/C18H16F3NO4S/c19-18(20,21)14-9-22(8-13(14)17(24)25)16(23)15-11(6-7-26-15)10-27-12-4-2-1-3-5-12/h1-7,13-14H,8-10H2,(H,24,25)/t13-,14-/m1/s1. The van der Waals surface area contributed by atoms with Crippen LogP contribution in [-0.4, -0.2) is 41.1 Å². The highest BCUT2D eigenvalue weighted by Gasteiger charge is 2.53. The number of amides is 1. The van der Waals surface area contributed by atoms with Gasteiger partial charge in [-0.15, -0.1) is 11.8 Å². The fraction of sp³-hybridized carbons (Fsp3) is 0.333. The van der Waals surface area contributed by atoms with Crippen molar-refractivity contribution in [3.63, 3.8) is 0 Å². The lowest BCUT2D eigenvalue weighted by Crippen LogP contribution is -2.34. The number of carbonyl (C=O) groups excluding carboxylic acids is 1. The highest BCUT2D eigenvalue weighted by Crippen LogP contribution is 2.38. The molecular weight excluding hydrogens is 383 g/mol. The van der Waals surface area contributed by atoms with E-state index in [9.17, 15) is 22.8 Å². The number of likely N-dealkylation sites (tertiary alicyclic amines) is 1. The van der Waals surface area contributed by atoms with Crippen molar-refractivity contribution in [1.29, 1.82) is 0 Å². The molecule has 0 unspecified atom stereocenters. The molecule has 9 heteroatoms. The van der Waals surface area contributed by atoms with Crippen molar-refractivity contribution in [2.45, 2.75) is 16.8 Å². The Labute approximate surface area is 157 Å². The highest BCUT2D eigenvalue weighted by molar-refractivity contribution is 7.98. The maximum atomic E-state index is 13.1. The largest absolute Gasteiger partial charge is 0.481 e. The zero-order valence-electron chi connectivity index (χ0n) is 14.0. The van der Waals surface area contributed by atoms with Gasteiger partial charge in [-0.1, -0.05) is 18.2 Å². The third kappa shape index (κ3) is 4.29. The summed E-state index contributed by atoms with van der Waals surface area (Å²) in [4.78, 5) is 25.7. The maximum absolute atomic E-state index is 13.1. The molecular formula is C18H16F3NO4S. The van der Waals surface area contributed by atoms with E-state index in [-0.39, 0.29) is 5.76 Å². The molecule has 0 bridgehead atoms. The Balaban J connectivity index is 1.73. The first kappa shape index (κ1) is 19.3. The fourth-order valence-electron chi connectivity index (χ4n) is 3.01. The molecule has 1 aliphatic rings. The number of aliphatic carboxylic acids is 1. The molecule has 1 aromatic heterocycles. The number of carbonyl (C=O) groups is 2. The van der Waals surface area contributed by atoms with Crippen LogP contribution < -0.4 is 0 Å². The molecule has 1 fully saturated rings. The molecule has 1 amide bonds. The van der Waals surface area contributed by atoms with E-state index in [0.29, 0.717) is 11.3 Å². The highest BCUT2D eigenvalue weighted by atomic mass is 32.2. The van der Waals surface area contributed by atoms with Crippen LogP contribution in [0.4, 0.5) is 13.2 Å². The summed E-state index contributed by atoms with van der Waals surface area (Å²) >= 11 is 1.46. The Hall–Kier alpha value is -2.42. The van der Waals surface area contributed by atoms with Crippen LogP contribution in [0.3, 0.4) is 0 Å². The van der Waals surface area contributed by atoms with Crippen LogP contribution in [0.15, 0.2) is 52.0 Å². The van der Waals surface area contributed by atoms with Gasteiger partial charge in [0, 0.05) is 29.3 Å². The van der Waals surface area contributed by atoms with Crippen LogP contribution >= 0.6 is 11.8 Å². The predicted molar refractivity (Wildman–Crippen MR) is 91.3 cm³/mol. The van der Waals surface area contributed by atoms with E-state index in [1.54, 1.807) is 6.07 Å². The molecule has 0 aliphatic carbocycles. The lowest BCUT2D eigenvalue weighted by atomic mass is 9.96. The molecule has 1 aliphatic heterocycles. The van der Waals surface area contributed by atoms with E-state index in [0.717, 1.165) is 9.80 Å². The maximum Gasteiger partial charge on any atom is 0.394 e. The number of hydrogen-bond donors (Lipinski definition) is 1. The second-order valence-corrected chi connectivity index (χ2v) is 7.23. The summed E-state index contributed by atoms with van der Waals surface area (Å²) in [6.07, 6.45) is -3.38. The van der Waals surface area contributed by atoms with Crippen LogP contribution in [0, 0.1) is 11.8 Å². The second-order valence-electron chi connectivity index (χ2n) is 6.18. The second kappa shape index (κ2) is 7.67. The lowest BCUT2D eigenvalue weighted by Gasteiger charge is -2.18. The third-order valence-corrected chi connectivity index (χ3v) is 5.48. The van der Waals surface area contributed by atoms with Crippen molar-refractivity contribution in [3.05, 3.63) is 54.0 Å². The Bertz CT molecular complexity index is 822. The molecule has 3 rings (SSSR count). The number of thioether (sulfide) groups is 1. The number of alkyl halides is 3. The predicted octanol–water partition coefficient (Wildman–Crippen LogP) is 3.91. The molecule has 1 saturated heterocycles. The number of rotatable bonds is 5. The van der Waals surface area contributed by atoms with Crippen molar-refractivity contribution >= 4 is 23.6 Å². The Kier molecular flexibility index (Phi) is 5.50. The Morgan fingerprint density at radius 1 is 1.19 bits per heavy atom. The van der Waals surface area contributed by atoms with Gasteiger partial charge < -0.3 is 14.4 Å². The molecule has 0 saturated carbocycles. The van der Waals surface area contributed by atoms with Crippen molar-refractivity contribution < 1.29 is 32.3 Å². The summed E-state index contributed by atoms with van der Waals surface area (Å²) < 4.78 is 44.5. The van der Waals surface area contributed by atoms with Gasteiger partial charge in [0.25, 0.3) is 5.91 Å². The monoisotopic (exact) mass is 399 g/mol. The summed E-state index contributed by atoms with van der Waals surface area (Å²) in [6.45, 7) is -1.18. The van der Waals surface area contributed by atoms with E-state index in [4.69, 9.17) is 9.52 Å². The molecule has 2 aromatic rings. The number of halogens is 3. The normalized spacial score (nSPS) is 20.0. The number of carboxylic acid groups (broad SMARTS) is 1. The topological polar surface area (TPSA) is 70.8 Å². The number of nitrogens with zero attached hydrogens (tertiary/aromatic N) is 1. The van der Waals surface area contributed by atoms with E-state index in [2.05, 4.69) is 0 Å². The van der Waals surface area contributed by atoms with Crippen molar-refractivity contribution in [1.82, 2.24) is 4.90 Å². The van der Waals surface area contributed by atoms with Gasteiger partial charge in [-0.2, -0.15) is 13.2 Å². The van der Waals surface area contributed by atoms with E-state index in [1.165, 1.54) is 18.0 Å². The Morgan fingerprint density at radius 2 is 1.89 bits per heavy atom. The third-order valence-electron chi connectivity index (χ3n) is 4.42. The van der Waals surface area contributed by atoms with Crippen molar-refractivity contribution in [3.8, 4) is 0 Å². The zero-order valence-corrected chi connectivity index (χ0v) is 14.8. The first-order valence-electron chi connectivity index (χ1n) is 8.10. The molecule has 1 aromatic carbocycles. The molecule has 1 N–H and O–H groups in total. The number of benzene rings is 1. The zero-order chi connectivity index (χ0) is 19.6. The minimum Gasteiger partial charge on any atom is -0.481 e. The molecule has 0 radical (unpaired) electrons. The van der Waals surface area contributed by atoms with Gasteiger partial charge in [0.15, 0.2) is 5.76 Å². The molecule has 2 heterocycles. The fourth-order valence-corrected chi connectivity index (χ4v) is 3.91. The Morgan fingerprint density at radius 3 is 2.48 bits per heavy atom. The quantitative estimate of drug-likeness (QED) is 0.772. The number of hydrogen-bond acceptors (Lipinski definition) is 4. The van der Waals surface area contributed by atoms with E-state index in [1.807, 2.05) is 30.3 Å². The van der Waals surface area contributed by atoms with Crippen LogP contribution in [0.2, 0.25) is 0 Å². The van der Waals surface area contributed by atoms with Gasteiger partial charge in [0.05, 0.1) is 18.1 Å². The molecule has 5 nitrogen and oxygen atoms in total. The summed E-state index contributed by atoms with van der Waals surface area (Å²) in [7, 11) is 0. The van der Waals surface area contributed by atoms with Gasteiger partial charge in [0.1, 0.15) is 0 Å². The number of furan rings is 1. The summed E-state index contributed by atoms with van der Waals surface area (Å²) in [6, 6.07) is 11.0. The van der Waals surface area contributed by atoms with Gasteiger partial charge >= 0.3 is 12.1 Å². The summed E-state index contributed by atoms with van der Waals surface area (Å²) in [5.74, 6) is -5.69. The smallest absolute Gasteiger partial charge is 0.394 e. The minimum absolute atomic E-state index is 0.0506. The van der Waals surface area contributed by atoms with E-state index >= 15 is 0 Å². The van der Waals surface area contributed by atoms with Crippen LogP contribution in [0.25, 0.3) is 0 Å². The van der Waals surface area contributed by atoms with Crippen molar-refractivity contribution in [2.24, 2.45) is 11.8 Å². The lowest BCUT2D eigenvalue weighted by molar-refractivity contribution is -0.187. The van der Waals surface area contributed by atoms with E-state index < -0.39 is 43.0 Å². The van der Waals surface area contributed by atoms with Gasteiger partial charge in [0.2, 0.25) is 0 Å². The minimum atomic E-state index is -4.69. The molecule has 27 heavy (non-hydrogen) atoms. The van der Waals surface area contributed by atoms with Gasteiger partial charge in [-0.05, 0) is 18.2 Å². The molecule has 144 valence electrons. The van der Waals surface area contributed by atoms with Crippen molar-refractivity contribution in [2.75, 3.05) is 13.1 Å². The average Bonchev–Trinajstić information content (AvgIpc) is 3.27. The SMILES string of the molecule is O=C(O)[C@@H]1CN(C(=O)c2occc2CSc2ccccc2)C[C@H]1C(F)(F)F. The average molecular weight is 399 g/mol. The molecule has 2 atom stereocenters.